The van der Waals surface area contributed by atoms with Gasteiger partial charge < -0.3 is 0 Å². The largest absolute Gasteiger partial charge is 0.417 e. The molecule has 0 amide bonds. The van der Waals surface area contributed by atoms with Gasteiger partial charge in [-0.05, 0) is 35.4 Å². The molecule has 0 aliphatic heterocycles. The molecule has 0 aromatic heterocycles. The van der Waals surface area contributed by atoms with Crippen molar-refractivity contribution in [3.8, 4) is 11.1 Å². The molecule has 124 valence electrons. The zero-order valence-corrected chi connectivity index (χ0v) is 13.1. The fourth-order valence-electron chi connectivity index (χ4n) is 1.92. The molecule has 0 spiro atoms. The Morgan fingerprint density at radius 1 is 0.696 bits per heavy atom. The summed E-state index contributed by atoms with van der Waals surface area (Å²) in [6.45, 7) is 0. The summed E-state index contributed by atoms with van der Waals surface area (Å²) in [5.74, 6) is 0. The van der Waals surface area contributed by atoms with E-state index in [0.717, 1.165) is 18.2 Å². The summed E-state index contributed by atoms with van der Waals surface area (Å²) in [7, 11) is 0. The van der Waals surface area contributed by atoms with Gasteiger partial charge in [-0.25, -0.2) is 0 Å². The molecule has 23 heavy (non-hydrogen) atoms. The number of halogens is 9. The van der Waals surface area contributed by atoms with Gasteiger partial charge in [-0.2, -0.15) is 26.3 Å². The molecular weight excluding hydrogens is 389 g/mol. The lowest BCUT2D eigenvalue weighted by molar-refractivity contribution is -0.142. The van der Waals surface area contributed by atoms with Gasteiger partial charge in [-0.1, -0.05) is 40.9 Å². The summed E-state index contributed by atoms with van der Waals surface area (Å²) >= 11 is 17.2. The first-order chi connectivity index (χ1) is 10.4. The highest BCUT2D eigenvalue weighted by Crippen LogP contribution is 2.43. The molecule has 0 N–H and O–H groups in total. The van der Waals surface area contributed by atoms with Gasteiger partial charge in [0.05, 0.1) is 26.2 Å². The summed E-state index contributed by atoms with van der Waals surface area (Å²) in [5, 5.41) is -0.276. The SMILES string of the molecule is FC(F)(F)c1ccc(-c2cc(Cl)c(Cl)c(Cl)c2)c(C(F)(F)F)c1. The van der Waals surface area contributed by atoms with Gasteiger partial charge in [0.2, 0.25) is 0 Å². The predicted octanol–water partition coefficient (Wildman–Crippen LogP) is 7.35. The monoisotopic (exact) mass is 392 g/mol. The third-order valence-corrected chi connectivity index (χ3v) is 4.14. The Morgan fingerprint density at radius 3 is 1.65 bits per heavy atom. The molecule has 0 atom stereocenters. The van der Waals surface area contributed by atoms with Crippen LogP contribution in [0.2, 0.25) is 15.1 Å². The smallest absolute Gasteiger partial charge is 0.166 e. The minimum atomic E-state index is -4.99. The van der Waals surface area contributed by atoms with E-state index in [9.17, 15) is 26.3 Å². The van der Waals surface area contributed by atoms with E-state index in [2.05, 4.69) is 0 Å². The van der Waals surface area contributed by atoms with E-state index < -0.39 is 29.0 Å². The normalized spacial score (nSPS) is 12.6. The van der Waals surface area contributed by atoms with Crippen LogP contribution in [0.1, 0.15) is 11.1 Å². The molecular formula is C14H5Cl3F6. The van der Waals surface area contributed by atoms with Crippen molar-refractivity contribution < 1.29 is 26.3 Å². The van der Waals surface area contributed by atoms with Crippen molar-refractivity contribution in [2.45, 2.75) is 12.4 Å². The van der Waals surface area contributed by atoms with Crippen LogP contribution in [0, 0.1) is 0 Å². The minimum Gasteiger partial charge on any atom is -0.166 e. The molecule has 0 heterocycles. The second kappa shape index (κ2) is 6.07. The maximum atomic E-state index is 13.1. The molecule has 2 rings (SSSR count). The number of rotatable bonds is 1. The quantitative estimate of drug-likeness (QED) is 0.351. The van der Waals surface area contributed by atoms with Crippen LogP contribution in [0.25, 0.3) is 11.1 Å². The van der Waals surface area contributed by atoms with Crippen LogP contribution in [-0.4, -0.2) is 0 Å². The first kappa shape index (κ1) is 18.2. The third kappa shape index (κ3) is 3.87. The van der Waals surface area contributed by atoms with E-state index in [1.807, 2.05) is 0 Å². The second-order valence-electron chi connectivity index (χ2n) is 4.51. The van der Waals surface area contributed by atoms with Crippen LogP contribution in [-0.2, 0) is 12.4 Å². The molecule has 0 radical (unpaired) electrons. The van der Waals surface area contributed by atoms with Crippen molar-refractivity contribution >= 4 is 34.8 Å². The average Bonchev–Trinajstić information content (AvgIpc) is 2.41. The van der Waals surface area contributed by atoms with Crippen LogP contribution >= 0.6 is 34.8 Å². The molecule has 9 heteroatoms. The van der Waals surface area contributed by atoms with Crippen molar-refractivity contribution in [3.63, 3.8) is 0 Å². The van der Waals surface area contributed by atoms with Crippen molar-refractivity contribution in [2.75, 3.05) is 0 Å². The van der Waals surface area contributed by atoms with E-state index >= 15 is 0 Å². The molecule has 0 aliphatic carbocycles. The van der Waals surface area contributed by atoms with E-state index in [1.54, 1.807) is 0 Å². The van der Waals surface area contributed by atoms with Crippen LogP contribution in [0.5, 0.6) is 0 Å². The van der Waals surface area contributed by atoms with Gasteiger partial charge in [-0.3, -0.25) is 0 Å². The maximum Gasteiger partial charge on any atom is 0.417 e. The van der Waals surface area contributed by atoms with E-state index in [0.29, 0.717) is 6.07 Å². The lowest BCUT2D eigenvalue weighted by atomic mass is 9.97. The van der Waals surface area contributed by atoms with Gasteiger partial charge >= 0.3 is 12.4 Å². The van der Waals surface area contributed by atoms with Crippen LogP contribution in [0.3, 0.4) is 0 Å². The molecule has 2 aromatic carbocycles. The predicted molar refractivity (Wildman–Crippen MR) is 76.9 cm³/mol. The molecule has 0 saturated heterocycles. The fraction of sp³-hybridized carbons (Fsp3) is 0.143. The Kier molecular flexibility index (Phi) is 4.81. The van der Waals surface area contributed by atoms with Crippen LogP contribution < -0.4 is 0 Å². The Hall–Kier alpha value is -1.11. The standard InChI is InChI=1S/C14H5Cl3F6/c15-10-3-6(4-11(16)12(10)17)8-2-1-7(13(18,19)20)5-9(8)14(21,22)23/h1-5H. The highest BCUT2D eigenvalue weighted by Gasteiger charge is 2.38. The number of hydrogen-bond donors (Lipinski definition) is 0. The number of benzene rings is 2. The Labute approximate surface area is 141 Å². The Bertz CT molecular complexity index is 726. The van der Waals surface area contributed by atoms with Crippen molar-refractivity contribution in [1.29, 1.82) is 0 Å². The molecule has 0 saturated carbocycles. The van der Waals surface area contributed by atoms with E-state index in [4.69, 9.17) is 34.8 Å². The van der Waals surface area contributed by atoms with Crippen LogP contribution in [0.4, 0.5) is 26.3 Å². The van der Waals surface area contributed by atoms with Gasteiger partial charge in [0, 0.05) is 0 Å². The molecule has 0 nitrogen and oxygen atoms in total. The molecule has 0 fully saturated rings. The zero-order chi connectivity index (χ0) is 17.6. The van der Waals surface area contributed by atoms with Gasteiger partial charge in [-0.15, -0.1) is 0 Å². The van der Waals surface area contributed by atoms with E-state index in [1.165, 1.54) is 0 Å². The topological polar surface area (TPSA) is 0 Å². The summed E-state index contributed by atoms with van der Waals surface area (Å²) in [4.78, 5) is 0. The zero-order valence-electron chi connectivity index (χ0n) is 10.8. The summed E-state index contributed by atoms with van der Waals surface area (Å²) < 4.78 is 77.3. The highest BCUT2D eigenvalue weighted by molar-refractivity contribution is 6.48. The van der Waals surface area contributed by atoms with Crippen molar-refractivity contribution in [3.05, 3.63) is 56.5 Å². The fourth-order valence-corrected chi connectivity index (χ4v) is 2.51. The number of alkyl halides is 6. The van der Waals surface area contributed by atoms with Gasteiger partial charge in [0.25, 0.3) is 0 Å². The second-order valence-corrected chi connectivity index (χ2v) is 5.70. The molecule has 0 aliphatic rings. The average molecular weight is 394 g/mol. The summed E-state index contributed by atoms with van der Waals surface area (Å²) in [6.07, 6.45) is -9.89. The Balaban J connectivity index is 2.72. The van der Waals surface area contributed by atoms with Gasteiger partial charge in [0.1, 0.15) is 0 Å². The van der Waals surface area contributed by atoms with Crippen LogP contribution in [0.15, 0.2) is 30.3 Å². The Morgan fingerprint density at radius 2 is 1.22 bits per heavy atom. The van der Waals surface area contributed by atoms with Crippen molar-refractivity contribution in [1.82, 2.24) is 0 Å². The highest BCUT2D eigenvalue weighted by atomic mass is 35.5. The summed E-state index contributed by atoms with van der Waals surface area (Å²) in [6, 6.07) is 3.54. The van der Waals surface area contributed by atoms with E-state index in [-0.39, 0.29) is 26.7 Å². The molecule has 0 bridgehead atoms. The third-order valence-electron chi connectivity index (χ3n) is 2.95. The lowest BCUT2D eigenvalue weighted by Gasteiger charge is -2.16. The summed E-state index contributed by atoms with van der Waals surface area (Å²) in [5.41, 5.74) is -3.42. The molecule has 2 aromatic rings. The minimum absolute atomic E-state index is 0.0474. The molecule has 0 unspecified atom stereocenters. The number of hydrogen-bond acceptors (Lipinski definition) is 0. The first-order valence-electron chi connectivity index (χ1n) is 5.84. The maximum absolute atomic E-state index is 13.1. The van der Waals surface area contributed by atoms with Crippen molar-refractivity contribution in [2.24, 2.45) is 0 Å². The lowest BCUT2D eigenvalue weighted by Crippen LogP contribution is -2.12. The van der Waals surface area contributed by atoms with Gasteiger partial charge in [0.15, 0.2) is 0 Å². The first-order valence-corrected chi connectivity index (χ1v) is 6.98.